The van der Waals surface area contributed by atoms with Gasteiger partial charge in [-0.05, 0) is 38.8 Å². The number of ether oxygens (including phenoxy) is 3. The third-order valence-corrected chi connectivity index (χ3v) is 4.31. The van der Waals surface area contributed by atoms with Crippen LogP contribution < -0.4 is 9.47 Å². The fourth-order valence-electron chi connectivity index (χ4n) is 3.33. The van der Waals surface area contributed by atoms with Gasteiger partial charge in [0.15, 0.2) is 0 Å². The highest BCUT2D eigenvalue weighted by Crippen LogP contribution is 2.43. The maximum absolute atomic E-state index is 9.63. The van der Waals surface area contributed by atoms with Gasteiger partial charge < -0.3 is 19.3 Å². The molecule has 1 fully saturated rings. The van der Waals surface area contributed by atoms with Gasteiger partial charge in [0.05, 0.1) is 12.7 Å². The second kappa shape index (κ2) is 6.24. The standard InChI is InChI=1S/C17H24O4/c1-3-19-16-8-13-7-11(2)21-15(13)9-14(16)17-12(10-18)5-4-6-20-17/h8-9,11-12,17-18H,3-7,10H2,1-2H3. The molecule has 1 saturated heterocycles. The molecule has 0 amide bonds. The number of rotatable bonds is 4. The second-order valence-corrected chi connectivity index (χ2v) is 5.94. The van der Waals surface area contributed by atoms with E-state index in [1.807, 2.05) is 6.92 Å². The minimum atomic E-state index is -0.102. The predicted molar refractivity (Wildman–Crippen MR) is 79.9 cm³/mol. The Bertz CT molecular complexity index is 500. The molecule has 0 aromatic heterocycles. The molecule has 1 N–H and O–H groups in total. The maximum Gasteiger partial charge on any atom is 0.125 e. The summed E-state index contributed by atoms with van der Waals surface area (Å²) in [5, 5.41) is 9.63. The summed E-state index contributed by atoms with van der Waals surface area (Å²) < 4.78 is 17.6. The molecular formula is C17H24O4. The maximum atomic E-state index is 9.63. The Balaban J connectivity index is 1.97. The SMILES string of the molecule is CCOc1cc2c(cc1C1OCCCC1CO)OC(C)C2. The molecule has 0 radical (unpaired) electrons. The first kappa shape index (κ1) is 14.7. The van der Waals surface area contributed by atoms with Gasteiger partial charge in [0, 0.05) is 36.7 Å². The predicted octanol–water partition coefficient (Wildman–Crippen LogP) is 2.87. The molecule has 0 bridgehead atoms. The van der Waals surface area contributed by atoms with E-state index in [1.54, 1.807) is 0 Å². The summed E-state index contributed by atoms with van der Waals surface area (Å²) >= 11 is 0. The van der Waals surface area contributed by atoms with Crippen LogP contribution in [0.4, 0.5) is 0 Å². The average molecular weight is 292 g/mol. The van der Waals surface area contributed by atoms with Crippen LogP contribution in [-0.4, -0.2) is 31.0 Å². The zero-order chi connectivity index (χ0) is 14.8. The van der Waals surface area contributed by atoms with Crippen molar-refractivity contribution in [1.82, 2.24) is 0 Å². The van der Waals surface area contributed by atoms with Gasteiger partial charge in [-0.1, -0.05) is 0 Å². The summed E-state index contributed by atoms with van der Waals surface area (Å²) in [6.07, 6.45) is 3.02. The van der Waals surface area contributed by atoms with Crippen molar-refractivity contribution in [3.05, 3.63) is 23.3 Å². The molecule has 116 valence electrons. The van der Waals surface area contributed by atoms with Crippen LogP contribution in [0.3, 0.4) is 0 Å². The lowest BCUT2D eigenvalue weighted by atomic mass is 9.89. The van der Waals surface area contributed by atoms with Crippen LogP contribution in [0.25, 0.3) is 0 Å². The summed E-state index contributed by atoms with van der Waals surface area (Å²) in [6, 6.07) is 4.15. The second-order valence-electron chi connectivity index (χ2n) is 5.94. The van der Waals surface area contributed by atoms with Crippen molar-refractivity contribution in [2.24, 2.45) is 5.92 Å². The Labute approximate surface area is 126 Å². The van der Waals surface area contributed by atoms with Gasteiger partial charge in [-0.25, -0.2) is 0 Å². The number of aliphatic hydroxyl groups is 1. The fraction of sp³-hybridized carbons (Fsp3) is 0.647. The van der Waals surface area contributed by atoms with Gasteiger partial charge in [0.25, 0.3) is 0 Å². The van der Waals surface area contributed by atoms with Gasteiger partial charge in [0.1, 0.15) is 17.6 Å². The van der Waals surface area contributed by atoms with Crippen molar-refractivity contribution in [1.29, 1.82) is 0 Å². The first-order valence-electron chi connectivity index (χ1n) is 7.91. The molecule has 0 spiro atoms. The van der Waals surface area contributed by atoms with E-state index in [0.29, 0.717) is 6.61 Å². The molecule has 4 heteroatoms. The molecule has 3 rings (SSSR count). The van der Waals surface area contributed by atoms with E-state index in [4.69, 9.17) is 14.2 Å². The lowest BCUT2D eigenvalue weighted by Crippen LogP contribution is -2.25. The Morgan fingerprint density at radius 2 is 2.24 bits per heavy atom. The van der Waals surface area contributed by atoms with E-state index in [0.717, 1.165) is 42.9 Å². The highest BCUT2D eigenvalue weighted by molar-refractivity contribution is 5.50. The molecule has 0 saturated carbocycles. The smallest absolute Gasteiger partial charge is 0.125 e. The molecule has 3 unspecified atom stereocenters. The van der Waals surface area contributed by atoms with E-state index in [2.05, 4.69) is 19.1 Å². The monoisotopic (exact) mass is 292 g/mol. The summed E-state index contributed by atoms with van der Waals surface area (Å²) in [7, 11) is 0. The van der Waals surface area contributed by atoms with Crippen molar-refractivity contribution in [2.45, 2.75) is 45.3 Å². The van der Waals surface area contributed by atoms with Crippen LogP contribution in [0.1, 0.15) is 43.9 Å². The molecule has 4 nitrogen and oxygen atoms in total. The highest BCUT2D eigenvalue weighted by Gasteiger charge is 2.32. The molecular weight excluding hydrogens is 268 g/mol. The van der Waals surface area contributed by atoms with E-state index in [1.165, 1.54) is 5.56 Å². The van der Waals surface area contributed by atoms with E-state index in [-0.39, 0.29) is 24.7 Å². The molecule has 21 heavy (non-hydrogen) atoms. The van der Waals surface area contributed by atoms with Gasteiger partial charge in [-0.3, -0.25) is 0 Å². The van der Waals surface area contributed by atoms with Crippen molar-refractivity contribution in [2.75, 3.05) is 19.8 Å². The zero-order valence-corrected chi connectivity index (χ0v) is 12.8. The number of benzene rings is 1. The molecule has 1 aromatic rings. The van der Waals surface area contributed by atoms with Crippen molar-refractivity contribution < 1.29 is 19.3 Å². The topological polar surface area (TPSA) is 47.9 Å². The summed E-state index contributed by atoms with van der Waals surface area (Å²) in [5.41, 5.74) is 2.22. The van der Waals surface area contributed by atoms with Gasteiger partial charge in [-0.2, -0.15) is 0 Å². The first-order valence-corrected chi connectivity index (χ1v) is 7.91. The minimum absolute atomic E-state index is 0.102. The molecule has 2 aliphatic heterocycles. The summed E-state index contributed by atoms with van der Waals surface area (Å²) in [5.74, 6) is 1.95. The number of aliphatic hydroxyl groups excluding tert-OH is 1. The lowest BCUT2D eigenvalue weighted by molar-refractivity contribution is -0.0469. The number of hydrogen-bond acceptors (Lipinski definition) is 4. The average Bonchev–Trinajstić information content (AvgIpc) is 2.86. The van der Waals surface area contributed by atoms with Crippen molar-refractivity contribution >= 4 is 0 Å². The number of hydrogen-bond donors (Lipinski definition) is 1. The molecule has 0 aliphatic carbocycles. The quantitative estimate of drug-likeness (QED) is 0.927. The fourth-order valence-corrected chi connectivity index (χ4v) is 3.33. The zero-order valence-electron chi connectivity index (χ0n) is 12.8. The Kier molecular flexibility index (Phi) is 4.36. The van der Waals surface area contributed by atoms with Crippen LogP contribution in [0, 0.1) is 5.92 Å². The van der Waals surface area contributed by atoms with Crippen LogP contribution in [-0.2, 0) is 11.2 Å². The van der Waals surface area contributed by atoms with Crippen LogP contribution in [0.5, 0.6) is 11.5 Å². The largest absolute Gasteiger partial charge is 0.493 e. The minimum Gasteiger partial charge on any atom is -0.493 e. The summed E-state index contributed by atoms with van der Waals surface area (Å²) in [4.78, 5) is 0. The van der Waals surface area contributed by atoms with E-state index < -0.39 is 0 Å². The Hall–Kier alpha value is -1.26. The lowest BCUT2D eigenvalue weighted by Gasteiger charge is -2.32. The van der Waals surface area contributed by atoms with Gasteiger partial charge >= 0.3 is 0 Å². The molecule has 2 heterocycles. The number of fused-ring (bicyclic) bond motifs is 1. The molecule has 2 aliphatic rings. The third kappa shape index (κ3) is 2.87. The van der Waals surface area contributed by atoms with Gasteiger partial charge in [-0.15, -0.1) is 0 Å². The summed E-state index contributed by atoms with van der Waals surface area (Å²) in [6.45, 7) is 5.57. The van der Waals surface area contributed by atoms with Crippen LogP contribution in [0.15, 0.2) is 12.1 Å². The Morgan fingerprint density at radius 3 is 3.00 bits per heavy atom. The van der Waals surface area contributed by atoms with Crippen molar-refractivity contribution in [3.8, 4) is 11.5 Å². The van der Waals surface area contributed by atoms with Gasteiger partial charge in [0.2, 0.25) is 0 Å². The van der Waals surface area contributed by atoms with E-state index in [9.17, 15) is 5.11 Å². The molecule has 1 aromatic carbocycles. The Morgan fingerprint density at radius 1 is 1.38 bits per heavy atom. The van der Waals surface area contributed by atoms with Crippen molar-refractivity contribution in [3.63, 3.8) is 0 Å². The molecule has 3 atom stereocenters. The van der Waals surface area contributed by atoms with Crippen LogP contribution in [0.2, 0.25) is 0 Å². The van der Waals surface area contributed by atoms with Crippen LogP contribution >= 0.6 is 0 Å². The normalized spacial score (nSPS) is 28.0. The third-order valence-electron chi connectivity index (χ3n) is 4.31. The van der Waals surface area contributed by atoms with E-state index >= 15 is 0 Å². The first-order chi connectivity index (χ1) is 10.2. The highest BCUT2D eigenvalue weighted by atomic mass is 16.5.